The van der Waals surface area contributed by atoms with E-state index in [1.54, 1.807) is 6.20 Å². The Morgan fingerprint density at radius 1 is 1.60 bits per heavy atom. The molecule has 0 bridgehead atoms. The number of aromatic nitrogens is 1. The van der Waals surface area contributed by atoms with Gasteiger partial charge in [-0.1, -0.05) is 18.5 Å². The number of hydrogen-bond donors (Lipinski definition) is 1. The molecular formula is C11H17ClN2O. The predicted molar refractivity (Wildman–Crippen MR) is 62.4 cm³/mol. The lowest BCUT2D eigenvalue weighted by Crippen LogP contribution is -2.12. The van der Waals surface area contributed by atoms with Crippen LogP contribution in [0, 0.1) is 0 Å². The molecule has 0 fully saturated rings. The Kier molecular flexibility index (Phi) is 4.85. The van der Waals surface area contributed by atoms with Crippen molar-refractivity contribution in [2.75, 3.05) is 7.05 Å². The van der Waals surface area contributed by atoms with E-state index in [1.165, 1.54) is 0 Å². The summed E-state index contributed by atoms with van der Waals surface area (Å²) in [5, 5.41) is 3.72. The Balaban J connectivity index is 2.77. The van der Waals surface area contributed by atoms with Crippen molar-refractivity contribution in [1.29, 1.82) is 0 Å². The molecule has 0 aliphatic carbocycles. The van der Waals surface area contributed by atoms with E-state index in [-0.39, 0.29) is 6.10 Å². The van der Waals surface area contributed by atoms with Gasteiger partial charge in [-0.3, -0.25) is 0 Å². The summed E-state index contributed by atoms with van der Waals surface area (Å²) in [6, 6.07) is 1.88. The van der Waals surface area contributed by atoms with Crippen molar-refractivity contribution >= 4 is 11.6 Å². The van der Waals surface area contributed by atoms with Crippen LogP contribution in [0.5, 0.6) is 5.88 Å². The molecule has 1 unspecified atom stereocenters. The molecule has 3 nitrogen and oxygen atoms in total. The van der Waals surface area contributed by atoms with Crippen LogP contribution in [-0.2, 0) is 6.54 Å². The number of rotatable bonds is 5. The maximum atomic E-state index is 5.99. The van der Waals surface area contributed by atoms with Crippen LogP contribution in [0.1, 0.15) is 25.8 Å². The van der Waals surface area contributed by atoms with Crippen LogP contribution < -0.4 is 10.1 Å². The second-order valence-electron chi connectivity index (χ2n) is 3.48. The van der Waals surface area contributed by atoms with Gasteiger partial charge in [-0.25, -0.2) is 4.98 Å². The Labute approximate surface area is 95.8 Å². The molecule has 1 rings (SSSR count). The summed E-state index contributed by atoms with van der Waals surface area (Å²) in [6.07, 6.45) is 2.78. The van der Waals surface area contributed by atoms with Gasteiger partial charge in [0.05, 0.1) is 11.1 Å². The molecule has 0 radical (unpaired) electrons. The second kappa shape index (κ2) is 5.93. The zero-order valence-corrected chi connectivity index (χ0v) is 10.1. The quantitative estimate of drug-likeness (QED) is 0.842. The van der Waals surface area contributed by atoms with E-state index in [2.05, 4.69) is 17.2 Å². The minimum absolute atomic E-state index is 0.182. The lowest BCUT2D eigenvalue weighted by Gasteiger charge is -2.12. The Morgan fingerprint density at radius 3 is 2.93 bits per heavy atom. The Morgan fingerprint density at radius 2 is 2.33 bits per heavy atom. The van der Waals surface area contributed by atoms with E-state index >= 15 is 0 Å². The van der Waals surface area contributed by atoms with Crippen molar-refractivity contribution in [3.05, 3.63) is 22.8 Å². The third-order valence-corrected chi connectivity index (χ3v) is 2.51. The highest BCUT2D eigenvalue weighted by atomic mass is 35.5. The minimum Gasteiger partial charge on any atom is -0.475 e. The number of pyridine rings is 1. The highest BCUT2D eigenvalue weighted by Crippen LogP contribution is 2.20. The van der Waals surface area contributed by atoms with Gasteiger partial charge in [0.2, 0.25) is 5.88 Å². The summed E-state index contributed by atoms with van der Waals surface area (Å²) < 4.78 is 5.61. The standard InChI is InChI=1S/C11H17ClN2O/c1-4-8(2)15-11-5-9(6-13-3)10(12)7-14-11/h5,7-8,13H,4,6H2,1-3H3. The van der Waals surface area contributed by atoms with Crippen molar-refractivity contribution in [2.45, 2.75) is 32.9 Å². The first-order valence-electron chi connectivity index (χ1n) is 5.13. The van der Waals surface area contributed by atoms with Gasteiger partial charge >= 0.3 is 0 Å². The van der Waals surface area contributed by atoms with Gasteiger partial charge in [-0.2, -0.15) is 0 Å². The summed E-state index contributed by atoms with van der Waals surface area (Å²) in [7, 11) is 1.88. The van der Waals surface area contributed by atoms with Crippen molar-refractivity contribution in [1.82, 2.24) is 10.3 Å². The van der Waals surface area contributed by atoms with Crippen LogP contribution in [0.4, 0.5) is 0 Å². The van der Waals surface area contributed by atoms with E-state index in [4.69, 9.17) is 16.3 Å². The molecule has 0 aromatic carbocycles. The third-order valence-electron chi connectivity index (χ3n) is 2.17. The van der Waals surface area contributed by atoms with Crippen LogP contribution in [0.2, 0.25) is 5.02 Å². The maximum Gasteiger partial charge on any atom is 0.213 e. The van der Waals surface area contributed by atoms with Gasteiger partial charge in [-0.15, -0.1) is 0 Å². The zero-order chi connectivity index (χ0) is 11.3. The van der Waals surface area contributed by atoms with E-state index in [1.807, 2.05) is 20.0 Å². The molecule has 0 aliphatic rings. The smallest absolute Gasteiger partial charge is 0.213 e. The molecule has 4 heteroatoms. The predicted octanol–water partition coefficient (Wildman–Crippen LogP) is 2.63. The first kappa shape index (κ1) is 12.3. The third kappa shape index (κ3) is 3.68. The van der Waals surface area contributed by atoms with Gasteiger partial charge in [0.1, 0.15) is 0 Å². The van der Waals surface area contributed by atoms with Crippen LogP contribution in [0.25, 0.3) is 0 Å². The van der Waals surface area contributed by atoms with E-state index in [0.717, 1.165) is 18.5 Å². The van der Waals surface area contributed by atoms with Gasteiger partial charge in [0.15, 0.2) is 0 Å². The largest absolute Gasteiger partial charge is 0.475 e. The van der Waals surface area contributed by atoms with E-state index < -0.39 is 0 Å². The van der Waals surface area contributed by atoms with Crippen LogP contribution in [0.3, 0.4) is 0 Å². The number of nitrogens with zero attached hydrogens (tertiary/aromatic N) is 1. The summed E-state index contributed by atoms with van der Waals surface area (Å²) in [5.41, 5.74) is 1.01. The lowest BCUT2D eigenvalue weighted by atomic mass is 10.2. The van der Waals surface area contributed by atoms with Crippen molar-refractivity contribution in [3.8, 4) is 5.88 Å². The molecule has 0 saturated heterocycles. The fourth-order valence-electron chi connectivity index (χ4n) is 1.14. The fourth-order valence-corrected chi connectivity index (χ4v) is 1.31. The average Bonchev–Trinajstić information content (AvgIpc) is 2.23. The molecule has 84 valence electrons. The normalized spacial score (nSPS) is 12.5. The topological polar surface area (TPSA) is 34.1 Å². The highest BCUT2D eigenvalue weighted by molar-refractivity contribution is 6.31. The fraction of sp³-hybridized carbons (Fsp3) is 0.545. The van der Waals surface area contributed by atoms with Gasteiger partial charge < -0.3 is 10.1 Å². The molecule has 1 N–H and O–H groups in total. The average molecular weight is 229 g/mol. The molecule has 1 heterocycles. The van der Waals surface area contributed by atoms with E-state index in [9.17, 15) is 0 Å². The summed E-state index contributed by atoms with van der Waals surface area (Å²) in [4.78, 5) is 4.13. The zero-order valence-electron chi connectivity index (χ0n) is 9.38. The van der Waals surface area contributed by atoms with Crippen LogP contribution in [0.15, 0.2) is 12.3 Å². The van der Waals surface area contributed by atoms with Crippen molar-refractivity contribution in [3.63, 3.8) is 0 Å². The molecule has 0 spiro atoms. The van der Waals surface area contributed by atoms with Crippen molar-refractivity contribution in [2.24, 2.45) is 0 Å². The molecular weight excluding hydrogens is 212 g/mol. The number of nitrogens with one attached hydrogen (secondary N) is 1. The molecule has 1 atom stereocenters. The molecule has 15 heavy (non-hydrogen) atoms. The van der Waals surface area contributed by atoms with E-state index in [0.29, 0.717) is 10.9 Å². The Hall–Kier alpha value is -0.800. The van der Waals surface area contributed by atoms with Crippen molar-refractivity contribution < 1.29 is 4.74 Å². The first-order chi connectivity index (χ1) is 7.17. The lowest BCUT2D eigenvalue weighted by molar-refractivity contribution is 0.208. The summed E-state index contributed by atoms with van der Waals surface area (Å²) in [5.74, 6) is 0.638. The molecule has 0 amide bonds. The Bertz CT molecular complexity index is 317. The molecule has 0 saturated carbocycles. The van der Waals surface area contributed by atoms with Crippen LogP contribution >= 0.6 is 11.6 Å². The van der Waals surface area contributed by atoms with Gasteiger partial charge in [0, 0.05) is 18.8 Å². The highest BCUT2D eigenvalue weighted by Gasteiger charge is 2.06. The van der Waals surface area contributed by atoms with Gasteiger partial charge in [0.25, 0.3) is 0 Å². The number of ether oxygens (including phenoxy) is 1. The number of halogens is 1. The first-order valence-corrected chi connectivity index (χ1v) is 5.50. The monoisotopic (exact) mass is 228 g/mol. The van der Waals surface area contributed by atoms with Gasteiger partial charge in [-0.05, 0) is 26.0 Å². The number of hydrogen-bond acceptors (Lipinski definition) is 3. The second-order valence-corrected chi connectivity index (χ2v) is 3.89. The molecule has 1 aromatic heterocycles. The summed E-state index contributed by atoms with van der Waals surface area (Å²) >= 11 is 5.99. The molecule has 0 aliphatic heterocycles. The maximum absolute atomic E-state index is 5.99. The molecule has 1 aromatic rings. The van der Waals surface area contributed by atoms with Crippen LogP contribution in [-0.4, -0.2) is 18.1 Å². The summed E-state index contributed by atoms with van der Waals surface area (Å²) in [6.45, 7) is 4.82. The SMILES string of the molecule is CCC(C)Oc1cc(CNC)c(Cl)cn1. The minimum atomic E-state index is 0.182.